The van der Waals surface area contributed by atoms with Crippen LogP contribution in [-0.2, 0) is 0 Å². The highest BCUT2D eigenvalue weighted by molar-refractivity contribution is 7.96. The summed E-state index contributed by atoms with van der Waals surface area (Å²) < 4.78 is 54.9. The molecular formula is C31H30F3N7O3S. The van der Waals surface area contributed by atoms with E-state index < -0.39 is 24.6 Å². The Morgan fingerprint density at radius 3 is 2.56 bits per heavy atom. The molecule has 45 heavy (non-hydrogen) atoms. The van der Waals surface area contributed by atoms with Gasteiger partial charge in [-0.2, -0.15) is 5.10 Å². The minimum absolute atomic E-state index is 0.0416. The van der Waals surface area contributed by atoms with E-state index in [9.17, 15) is 18.0 Å². The number of carbonyl (C=O) groups excluding carboxylic acids is 1. The predicted molar refractivity (Wildman–Crippen MR) is 168 cm³/mol. The number of anilines is 2. The smallest absolute Gasteiger partial charge is 0.272 e. The summed E-state index contributed by atoms with van der Waals surface area (Å²) in [6, 6.07) is 12.8. The highest BCUT2D eigenvalue weighted by Gasteiger charge is 2.24. The zero-order chi connectivity index (χ0) is 31.7. The number of piperazine rings is 1. The van der Waals surface area contributed by atoms with Crippen molar-refractivity contribution in [3.63, 3.8) is 0 Å². The van der Waals surface area contributed by atoms with E-state index >= 15 is 0 Å². The number of rotatable bonds is 10. The van der Waals surface area contributed by atoms with Gasteiger partial charge in [-0.3, -0.25) is 4.79 Å². The molecule has 0 unspecified atom stereocenters. The summed E-state index contributed by atoms with van der Waals surface area (Å²) in [6.07, 6.45) is 2.25. The van der Waals surface area contributed by atoms with Crippen LogP contribution in [0.1, 0.15) is 21.6 Å². The summed E-state index contributed by atoms with van der Waals surface area (Å²) in [6.45, 7) is 4.06. The first kappa shape index (κ1) is 30.3. The number of aromatic amines is 1. The molecule has 3 aromatic heterocycles. The summed E-state index contributed by atoms with van der Waals surface area (Å²) in [5, 5.41) is 4.96. The standard InChI is InChI=1S/C31H30F3N7O3S/c1-18-11-29(44-26-6-4-3-5-21(26)32)36-16-25(18)41-31(35)20(15-37-41)30(42)23-12-19-13-27(43-17-28(33)34)24(14-22(19)38-23)39-7-9-40(45-2)10-8-39/h3-6,11-16,28,38H,7-10,17,35H2,1-2H3. The van der Waals surface area contributed by atoms with Gasteiger partial charge in [-0.15, -0.1) is 0 Å². The molecule has 1 aliphatic rings. The number of carbonyl (C=O) groups is 1. The van der Waals surface area contributed by atoms with Crippen molar-refractivity contribution in [3.05, 3.63) is 83.6 Å². The number of para-hydroxylation sites is 1. The highest BCUT2D eigenvalue weighted by atomic mass is 32.2. The lowest BCUT2D eigenvalue weighted by molar-refractivity contribution is 0.0821. The van der Waals surface area contributed by atoms with Crippen LogP contribution in [0.2, 0.25) is 0 Å². The number of alkyl halides is 2. The van der Waals surface area contributed by atoms with Crippen molar-refractivity contribution in [2.24, 2.45) is 0 Å². The van der Waals surface area contributed by atoms with E-state index in [-0.39, 0.29) is 28.7 Å². The molecule has 0 saturated carbocycles. The minimum atomic E-state index is -2.63. The second-order valence-corrected chi connectivity index (χ2v) is 11.3. The Bertz CT molecular complexity index is 1850. The van der Waals surface area contributed by atoms with Crippen LogP contribution >= 0.6 is 11.9 Å². The fourth-order valence-electron chi connectivity index (χ4n) is 5.21. The van der Waals surface area contributed by atoms with Gasteiger partial charge in [0.2, 0.25) is 11.7 Å². The summed E-state index contributed by atoms with van der Waals surface area (Å²) in [7, 11) is 0. The first-order valence-corrected chi connectivity index (χ1v) is 15.3. The van der Waals surface area contributed by atoms with Gasteiger partial charge < -0.3 is 25.1 Å². The first-order chi connectivity index (χ1) is 21.7. The van der Waals surface area contributed by atoms with E-state index in [1.165, 1.54) is 29.2 Å². The second-order valence-electron chi connectivity index (χ2n) is 10.4. The van der Waals surface area contributed by atoms with Gasteiger partial charge in [-0.25, -0.2) is 27.1 Å². The monoisotopic (exact) mass is 637 g/mol. The molecule has 0 spiro atoms. The van der Waals surface area contributed by atoms with E-state index in [4.69, 9.17) is 15.2 Å². The number of aromatic nitrogens is 4. The van der Waals surface area contributed by atoms with E-state index in [0.717, 1.165) is 13.1 Å². The molecule has 1 saturated heterocycles. The van der Waals surface area contributed by atoms with Gasteiger partial charge >= 0.3 is 0 Å². The molecule has 0 radical (unpaired) electrons. The van der Waals surface area contributed by atoms with Crippen LogP contribution in [0.3, 0.4) is 0 Å². The van der Waals surface area contributed by atoms with Crippen molar-refractivity contribution in [1.29, 1.82) is 0 Å². The van der Waals surface area contributed by atoms with E-state index in [1.807, 2.05) is 12.3 Å². The Morgan fingerprint density at radius 2 is 1.84 bits per heavy atom. The van der Waals surface area contributed by atoms with E-state index in [2.05, 4.69) is 24.3 Å². The molecule has 0 atom stereocenters. The van der Waals surface area contributed by atoms with Crippen LogP contribution in [0.15, 0.2) is 60.9 Å². The number of fused-ring (bicyclic) bond motifs is 1. The molecule has 10 nitrogen and oxygen atoms in total. The topological polar surface area (TPSA) is 115 Å². The maximum atomic E-state index is 14.0. The van der Waals surface area contributed by atoms with Crippen molar-refractivity contribution in [3.8, 4) is 23.1 Å². The number of halogens is 3. The number of nitrogens with one attached hydrogen (secondary N) is 1. The SMILES string of the molecule is CSN1CCN(c2cc3[nH]c(C(=O)c4cnn(-c5cnc(Oc6ccccc6F)cc5C)c4N)cc3cc2OCC(F)F)CC1. The summed E-state index contributed by atoms with van der Waals surface area (Å²) >= 11 is 1.67. The quantitative estimate of drug-likeness (QED) is 0.144. The largest absolute Gasteiger partial charge is 0.485 e. The fourth-order valence-corrected chi connectivity index (χ4v) is 5.74. The number of nitrogen functional groups attached to an aromatic ring is 1. The molecule has 1 fully saturated rings. The fraction of sp³-hybridized carbons (Fsp3) is 0.258. The van der Waals surface area contributed by atoms with E-state index in [1.54, 1.807) is 49.2 Å². The molecule has 234 valence electrons. The van der Waals surface area contributed by atoms with Crippen LogP contribution in [0.25, 0.3) is 16.6 Å². The number of pyridine rings is 1. The summed E-state index contributed by atoms with van der Waals surface area (Å²) in [5.74, 6) is -0.260. The maximum absolute atomic E-state index is 14.0. The van der Waals surface area contributed by atoms with Gasteiger partial charge in [0.1, 0.15) is 18.2 Å². The van der Waals surface area contributed by atoms with Gasteiger partial charge in [0.25, 0.3) is 6.43 Å². The first-order valence-electron chi connectivity index (χ1n) is 14.1. The Morgan fingerprint density at radius 1 is 1.07 bits per heavy atom. The Balaban J connectivity index is 1.27. The van der Waals surface area contributed by atoms with Gasteiger partial charge in [0.15, 0.2) is 11.6 Å². The van der Waals surface area contributed by atoms with Gasteiger partial charge in [-0.05, 0) is 49.1 Å². The number of hydrogen-bond donors (Lipinski definition) is 2. The average Bonchev–Trinajstić information content (AvgIpc) is 3.63. The van der Waals surface area contributed by atoms with Crippen molar-refractivity contribution in [2.75, 3.05) is 49.7 Å². The number of ketones is 1. The van der Waals surface area contributed by atoms with Crippen molar-refractivity contribution < 1.29 is 27.4 Å². The number of hydrogen-bond acceptors (Lipinski definition) is 9. The normalized spacial score (nSPS) is 14.0. The van der Waals surface area contributed by atoms with Crippen LogP contribution in [0, 0.1) is 12.7 Å². The van der Waals surface area contributed by atoms with Crippen LogP contribution in [-0.4, -0.2) is 75.3 Å². The lowest BCUT2D eigenvalue weighted by Gasteiger charge is -2.35. The zero-order valence-electron chi connectivity index (χ0n) is 24.5. The number of nitrogens with two attached hydrogens (primary N) is 1. The van der Waals surface area contributed by atoms with Crippen molar-refractivity contribution in [1.82, 2.24) is 24.1 Å². The van der Waals surface area contributed by atoms with Crippen LogP contribution in [0.4, 0.5) is 24.7 Å². The number of benzene rings is 2. The van der Waals surface area contributed by atoms with E-state index in [0.29, 0.717) is 46.7 Å². The summed E-state index contributed by atoms with van der Waals surface area (Å²) in [5.41, 5.74) is 9.35. The zero-order valence-corrected chi connectivity index (χ0v) is 25.3. The molecule has 4 heterocycles. The van der Waals surface area contributed by atoms with Gasteiger partial charge in [-0.1, -0.05) is 24.1 Å². The Kier molecular flexibility index (Phi) is 8.59. The molecule has 6 rings (SSSR count). The third-order valence-corrected chi connectivity index (χ3v) is 8.42. The Labute approximate surface area is 261 Å². The van der Waals surface area contributed by atoms with Crippen molar-refractivity contribution in [2.45, 2.75) is 13.3 Å². The average molecular weight is 638 g/mol. The summed E-state index contributed by atoms with van der Waals surface area (Å²) in [4.78, 5) is 23.1. The molecule has 0 bridgehead atoms. The molecule has 0 amide bonds. The molecule has 0 aliphatic carbocycles. The number of aryl methyl sites for hydroxylation is 1. The number of ether oxygens (including phenoxy) is 2. The second kappa shape index (κ2) is 12.7. The van der Waals surface area contributed by atoms with Crippen molar-refractivity contribution >= 4 is 40.1 Å². The molecular weight excluding hydrogens is 607 g/mol. The third kappa shape index (κ3) is 6.28. The predicted octanol–water partition coefficient (Wildman–Crippen LogP) is 5.85. The lowest BCUT2D eigenvalue weighted by atomic mass is 10.1. The maximum Gasteiger partial charge on any atom is 0.272 e. The van der Waals surface area contributed by atoms with Gasteiger partial charge in [0.05, 0.1) is 35.0 Å². The minimum Gasteiger partial charge on any atom is -0.485 e. The number of H-pyrrole nitrogens is 1. The lowest BCUT2D eigenvalue weighted by Crippen LogP contribution is -2.43. The Hall–Kier alpha value is -4.69. The molecule has 1 aliphatic heterocycles. The molecule has 14 heteroatoms. The third-order valence-electron chi connectivity index (χ3n) is 7.54. The molecule has 2 aromatic carbocycles. The number of nitrogens with zero attached hydrogens (tertiary/aromatic N) is 5. The van der Waals surface area contributed by atoms with Gasteiger partial charge in [0, 0.05) is 43.1 Å². The molecule has 5 aromatic rings. The van der Waals surface area contributed by atoms with Crippen LogP contribution < -0.4 is 20.1 Å². The van der Waals surface area contributed by atoms with Crippen LogP contribution in [0.5, 0.6) is 17.4 Å². The highest BCUT2D eigenvalue weighted by Crippen LogP contribution is 2.36. The molecule has 3 N–H and O–H groups in total.